The minimum atomic E-state index is -0.142. The van der Waals surface area contributed by atoms with Gasteiger partial charge in [0.25, 0.3) is 0 Å². The molecular weight excluding hydrogens is 1560 g/mol. The third-order valence-electron chi connectivity index (χ3n) is 22.2. The van der Waals surface area contributed by atoms with E-state index in [9.17, 15) is 5.26 Å². The Kier molecular flexibility index (Phi) is 26.2. The van der Waals surface area contributed by atoms with Crippen LogP contribution in [-0.4, -0.2) is 24.5 Å². The van der Waals surface area contributed by atoms with Crippen LogP contribution in [-0.2, 0) is 49.9 Å². The number of benzene rings is 12. The summed E-state index contributed by atoms with van der Waals surface area (Å²) in [5.74, 6) is 7.62. The van der Waals surface area contributed by atoms with Gasteiger partial charge < -0.3 is 43.2 Å². The van der Waals surface area contributed by atoms with E-state index in [1.54, 1.807) is 37.0 Å². The fraction of sp³-hybridized carbons (Fsp3) is 0.295. The van der Waals surface area contributed by atoms with Gasteiger partial charge in [-0.1, -0.05) is 263 Å². The van der Waals surface area contributed by atoms with Crippen molar-refractivity contribution in [3.05, 3.63) is 331 Å². The van der Waals surface area contributed by atoms with Gasteiger partial charge in [-0.2, -0.15) is 10.4 Å². The molecule has 126 heavy (non-hydrogen) atoms. The maximum atomic E-state index is 11.7. The van der Waals surface area contributed by atoms with Crippen molar-refractivity contribution in [3.8, 4) is 98.1 Å². The zero-order valence-corrected chi connectivity index (χ0v) is 77.7. The second-order valence-corrected chi connectivity index (χ2v) is 40.7. The maximum Gasteiger partial charge on any atom is 0.183 e. The molecule has 0 saturated heterocycles. The van der Waals surface area contributed by atoms with Gasteiger partial charge in [-0.15, -0.1) is 5.10 Å². The van der Waals surface area contributed by atoms with Gasteiger partial charge in [0.05, 0.1) is 11.8 Å². The van der Waals surface area contributed by atoms with Crippen LogP contribution in [0, 0.1) is 11.3 Å². The summed E-state index contributed by atoms with van der Waals surface area (Å²) < 4.78 is 55.8. The number of rotatable bonds is 17. The van der Waals surface area contributed by atoms with Crippen molar-refractivity contribution in [3.63, 3.8) is 0 Å². The van der Waals surface area contributed by atoms with Crippen molar-refractivity contribution in [2.24, 2.45) is 20.2 Å². The number of ether oxygens (including phenoxy) is 8. The van der Waals surface area contributed by atoms with E-state index in [0.29, 0.717) is 108 Å². The van der Waals surface area contributed by atoms with E-state index in [0.717, 1.165) is 50.1 Å². The Morgan fingerprint density at radius 3 is 0.825 bits per heavy atom. The molecule has 14 heteroatoms. The van der Waals surface area contributed by atoms with Gasteiger partial charge in [0.15, 0.2) is 51.8 Å². The molecule has 1 aliphatic heterocycles. The van der Waals surface area contributed by atoms with Crippen LogP contribution in [0.25, 0.3) is 12.4 Å². The van der Waals surface area contributed by atoms with Crippen LogP contribution in [0.15, 0.2) is 263 Å². The summed E-state index contributed by atoms with van der Waals surface area (Å²) in [4.78, 5) is 10.6. The first-order valence-electron chi connectivity index (χ1n) is 43.3. The average molecular weight is 1680 g/mol. The largest absolute Gasteiger partial charge is 0.453 e. The standard InChI is InChI=1S/C112H120N6O8/c1-105(2,3)79-25-41-87(42-26-79)119-96-57-72(65-113)95(64-103(96)126-94-55-39-86(40-56-94)112(22,23)24)104-116-70-77-62-101(124-92-51-35-84(36-52-92)110(16,17)18)99(122-90-47-31-82(32-48-90)108(10,11)12)60-75(77)68-114-66-73-58-97(120-88-43-27-80(28-44-88)106(4,5)6)98(121-89-45-29-81(30-46-89)107(7,8)9)59-74(73)67-115-69-76-61-100(123-91-49-33-83(34-50-91)109(13,14)15)102(63-78(76)71-117-118-104)125-93-53-37-85(38-54-93)111(19,20)21/h25-64,66-67,69-71,114H,68H2,1-24H3/b73-66-,74-67-,115-69?,116-70?,117-71-,118-104-. The van der Waals surface area contributed by atoms with Gasteiger partial charge >= 0.3 is 0 Å². The van der Waals surface area contributed by atoms with Gasteiger partial charge in [-0.05, 0) is 233 Å². The highest BCUT2D eigenvalue weighted by atomic mass is 16.5. The third kappa shape index (κ3) is 23.2. The van der Waals surface area contributed by atoms with Gasteiger partial charge in [0, 0.05) is 70.1 Å². The molecule has 0 saturated carbocycles. The number of nitrogens with zero attached hydrogens (tertiary/aromatic N) is 5. The molecule has 0 radical (unpaired) electrons. The van der Waals surface area contributed by atoms with Crippen molar-refractivity contribution in [1.29, 1.82) is 5.26 Å². The molecule has 0 fully saturated rings. The van der Waals surface area contributed by atoms with Crippen LogP contribution < -0.4 is 53.6 Å². The second kappa shape index (κ2) is 36.5. The fourth-order valence-corrected chi connectivity index (χ4v) is 14.1. The molecule has 13 rings (SSSR count). The predicted octanol–water partition coefficient (Wildman–Crippen LogP) is 28.9. The first-order valence-corrected chi connectivity index (χ1v) is 43.3. The lowest BCUT2D eigenvalue weighted by molar-refractivity contribution is 0.417. The molecule has 12 aromatic rings. The monoisotopic (exact) mass is 1680 g/mol. The van der Waals surface area contributed by atoms with E-state index in [2.05, 4.69) is 262 Å². The Balaban J connectivity index is 1.08. The minimum absolute atomic E-state index is 0.0261. The molecule has 1 heterocycles. The topological polar surface area (TPSA) is 159 Å². The number of nitriles is 1. The van der Waals surface area contributed by atoms with Crippen molar-refractivity contribution >= 4 is 36.9 Å². The SMILES string of the molecule is CC(C)(C)c1ccc(Oc2cc(C#N)c(/C3=N/N=C\c4cc(Oc5ccc(C(C)(C)C)cc5)c(Oc5ccc(C(C)(C)C)cc5)cc4C=N/C=c4/cc(Oc5ccc(C(C)(C)C)cc5)c(Oc5ccc(C(C)(C)C)cc5)c/c4=C/NCc4cc(Oc5ccc(C(C)(C)C)cc5)c(Oc5ccc(C(C)(C)C)cc5)cc4C=N3)cc2Oc2ccc(C(C)(C)C)cc2)cc1. The average Bonchev–Trinajstić information content (AvgIpc) is 0.796. The number of hydrogen-bond acceptors (Lipinski definition) is 14. The van der Waals surface area contributed by atoms with E-state index in [1.165, 1.54) is 0 Å². The quantitative estimate of drug-likeness (QED) is 0.0930. The molecule has 0 atom stereocenters. The molecule has 646 valence electrons. The summed E-state index contributed by atoms with van der Waals surface area (Å²) in [5.41, 5.74) is 11.0. The van der Waals surface area contributed by atoms with Gasteiger partial charge in [-0.3, -0.25) is 4.99 Å². The molecule has 0 unspecified atom stereocenters. The number of nitrogens with one attached hydrogen (secondary N) is 1. The van der Waals surface area contributed by atoms with Crippen LogP contribution in [0.3, 0.4) is 0 Å². The summed E-state index contributed by atoms with van der Waals surface area (Å²) in [6.45, 7) is 52.6. The Bertz CT molecular complexity index is 6200. The first kappa shape index (κ1) is 90.5. The zero-order valence-electron chi connectivity index (χ0n) is 77.7. The van der Waals surface area contributed by atoms with E-state index in [-0.39, 0.29) is 78.3 Å². The van der Waals surface area contributed by atoms with Crippen molar-refractivity contribution in [2.45, 2.75) is 216 Å². The normalized spacial score (nSPS) is 14.2. The summed E-state index contributed by atoms with van der Waals surface area (Å²) in [7, 11) is 0. The lowest BCUT2D eigenvalue weighted by atomic mass is 9.87. The number of amidine groups is 1. The third-order valence-corrected chi connectivity index (χ3v) is 22.2. The van der Waals surface area contributed by atoms with Gasteiger partial charge in [-0.25, -0.2) is 4.99 Å². The van der Waals surface area contributed by atoms with E-state index in [4.69, 9.17) is 58.1 Å². The zero-order chi connectivity index (χ0) is 90.5. The van der Waals surface area contributed by atoms with E-state index in [1.807, 2.05) is 152 Å². The highest BCUT2D eigenvalue weighted by Crippen LogP contribution is 2.45. The van der Waals surface area contributed by atoms with Crippen molar-refractivity contribution < 1.29 is 37.9 Å². The fourth-order valence-electron chi connectivity index (χ4n) is 14.1. The Labute approximate surface area is 746 Å². The Morgan fingerprint density at radius 1 is 0.278 bits per heavy atom. The van der Waals surface area contributed by atoms with Crippen molar-refractivity contribution in [1.82, 2.24) is 5.32 Å². The van der Waals surface area contributed by atoms with Crippen LogP contribution >= 0.6 is 0 Å². The summed E-state index contributed by atoms with van der Waals surface area (Å²) in [5, 5.41) is 26.9. The molecule has 1 N–H and O–H groups in total. The van der Waals surface area contributed by atoms with Crippen LogP contribution in [0.1, 0.15) is 244 Å². The minimum Gasteiger partial charge on any atom is -0.453 e. The number of fused-ring (bicyclic) bond motifs is 3. The molecular formula is C112H120N6O8. The summed E-state index contributed by atoms with van der Waals surface area (Å²) in [6.07, 6.45) is 8.83. The summed E-state index contributed by atoms with van der Waals surface area (Å²) in [6, 6.07) is 82.2. The van der Waals surface area contributed by atoms with E-state index >= 15 is 0 Å². The first-order chi connectivity index (χ1) is 59.3. The smallest absolute Gasteiger partial charge is 0.183 e. The van der Waals surface area contributed by atoms with Gasteiger partial charge in [0.2, 0.25) is 0 Å². The second-order valence-electron chi connectivity index (χ2n) is 40.7. The molecule has 0 spiro atoms. The van der Waals surface area contributed by atoms with Crippen LogP contribution in [0.2, 0.25) is 0 Å². The molecule has 1 aliphatic rings. The number of hydrogen-bond donors (Lipinski definition) is 1. The van der Waals surface area contributed by atoms with Gasteiger partial charge in [0.1, 0.15) is 52.1 Å². The lowest BCUT2D eigenvalue weighted by Gasteiger charge is -2.21. The Hall–Kier alpha value is -13.3. The lowest BCUT2D eigenvalue weighted by Crippen LogP contribution is -2.27. The van der Waals surface area contributed by atoms with Crippen LogP contribution in [0.5, 0.6) is 92.0 Å². The molecule has 0 bridgehead atoms. The van der Waals surface area contributed by atoms with Crippen LogP contribution in [0.4, 0.5) is 0 Å². The Morgan fingerprint density at radius 2 is 0.532 bits per heavy atom. The molecule has 14 nitrogen and oxygen atoms in total. The molecule has 0 aliphatic carbocycles. The molecule has 0 aromatic heterocycles. The predicted molar refractivity (Wildman–Crippen MR) is 517 cm³/mol. The number of aliphatic imine (C=N–C) groups is 2. The summed E-state index contributed by atoms with van der Waals surface area (Å²) >= 11 is 0. The maximum absolute atomic E-state index is 11.7. The molecule has 12 aromatic carbocycles. The highest BCUT2D eigenvalue weighted by Gasteiger charge is 2.27. The van der Waals surface area contributed by atoms with Crippen molar-refractivity contribution in [2.75, 3.05) is 0 Å². The van der Waals surface area contributed by atoms with E-state index < -0.39 is 0 Å². The highest BCUT2D eigenvalue weighted by molar-refractivity contribution is 6.08. The molecule has 0 amide bonds.